The fourth-order valence-corrected chi connectivity index (χ4v) is 4.54. The summed E-state index contributed by atoms with van der Waals surface area (Å²) in [6, 6.07) is 16.9. The lowest BCUT2D eigenvalue weighted by atomic mass is 10.00. The van der Waals surface area contributed by atoms with Crippen LogP contribution in [0.4, 0.5) is 0 Å². The van der Waals surface area contributed by atoms with E-state index in [1.54, 1.807) is 17.0 Å². The first-order valence-corrected chi connectivity index (χ1v) is 10.7. The van der Waals surface area contributed by atoms with Crippen LogP contribution in [0, 0.1) is 0 Å². The van der Waals surface area contributed by atoms with Crippen molar-refractivity contribution < 1.29 is 13.2 Å². The first kappa shape index (κ1) is 18.3. The van der Waals surface area contributed by atoms with E-state index in [9.17, 15) is 13.2 Å². The molecule has 1 aromatic heterocycles. The molecule has 1 amide bonds. The van der Waals surface area contributed by atoms with Crippen LogP contribution >= 0.6 is 0 Å². The summed E-state index contributed by atoms with van der Waals surface area (Å²) in [4.78, 5) is 14.2. The second-order valence-corrected chi connectivity index (χ2v) is 8.77. The van der Waals surface area contributed by atoms with E-state index in [1.165, 1.54) is 10.2 Å². The van der Waals surface area contributed by atoms with E-state index in [-0.39, 0.29) is 5.82 Å². The van der Waals surface area contributed by atoms with Gasteiger partial charge in [0.25, 0.3) is 0 Å². The van der Waals surface area contributed by atoms with Crippen LogP contribution in [-0.4, -0.2) is 51.7 Å². The molecule has 4 rings (SSSR count). The number of nitrogens with zero attached hydrogens (tertiary/aromatic N) is 5. The third-order valence-corrected chi connectivity index (χ3v) is 6.10. The number of carbonyl (C=O) groups excluding carboxylic acids is 1. The Morgan fingerprint density at radius 3 is 2.50 bits per heavy atom. The molecule has 0 spiro atoms. The van der Waals surface area contributed by atoms with Crippen LogP contribution in [0.2, 0.25) is 0 Å². The third-order valence-electron chi connectivity index (χ3n) is 4.71. The van der Waals surface area contributed by atoms with Crippen LogP contribution in [0.25, 0.3) is 5.69 Å². The van der Waals surface area contributed by atoms with Crippen molar-refractivity contribution in [3.8, 4) is 5.69 Å². The third kappa shape index (κ3) is 3.94. The summed E-state index contributed by atoms with van der Waals surface area (Å²) >= 11 is 0. The zero-order chi connectivity index (χ0) is 19.6. The Morgan fingerprint density at radius 2 is 1.71 bits per heavy atom. The van der Waals surface area contributed by atoms with Gasteiger partial charge in [0.1, 0.15) is 11.5 Å². The summed E-state index contributed by atoms with van der Waals surface area (Å²) < 4.78 is 26.6. The van der Waals surface area contributed by atoms with Gasteiger partial charge in [0.05, 0.1) is 5.69 Å². The van der Waals surface area contributed by atoms with Crippen molar-refractivity contribution in [3.63, 3.8) is 0 Å². The highest BCUT2D eigenvalue weighted by Crippen LogP contribution is 2.19. The molecule has 0 N–H and O–H groups in total. The van der Waals surface area contributed by atoms with Gasteiger partial charge in [0.2, 0.25) is 5.91 Å². The molecular weight excluding hydrogens is 378 g/mol. The van der Waals surface area contributed by atoms with E-state index in [4.69, 9.17) is 0 Å². The van der Waals surface area contributed by atoms with Gasteiger partial charge in [-0.05, 0) is 40.1 Å². The normalized spacial score (nSPS) is 13.9. The van der Waals surface area contributed by atoms with Crippen molar-refractivity contribution in [1.82, 2.24) is 25.1 Å². The van der Waals surface area contributed by atoms with Crippen molar-refractivity contribution in [3.05, 3.63) is 71.5 Å². The highest BCUT2D eigenvalue weighted by molar-refractivity contribution is 7.91. The zero-order valence-electron chi connectivity index (χ0n) is 15.1. The lowest BCUT2D eigenvalue weighted by Crippen LogP contribution is -2.39. The van der Waals surface area contributed by atoms with Crippen LogP contribution in [0.5, 0.6) is 0 Å². The average molecular weight is 397 g/mol. The van der Waals surface area contributed by atoms with Crippen LogP contribution in [0.15, 0.2) is 54.6 Å². The summed E-state index contributed by atoms with van der Waals surface area (Å²) in [5, 5.41) is 11.3. The average Bonchev–Trinajstić information content (AvgIpc) is 3.15. The minimum Gasteiger partial charge on any atom is -0.337 e. The smallest absolute Gasteiger partial charge is 0.238 e. The van der Waals surface area contributed by atoms with Gasteiger partial charge in [-0.3, -0.25) is 4.79 Å². The number of hydrogen-bond donors (Lipinski definition) is 0. The molecule has 0 unspecified atom stereocenters. The number of benzene rings is 2. The predicted octanol–water partition coefficient (Wildman–Crippen LogP) is 1.16. The SMILES string of the molecule is O=C(CS(=O)(=O)Cc1nnnn1-c1ccccc1)N1CCc2ccccc2C1. The molecule has 0 saturated heterocycles. The molecule has 144 valence electrons. The second-order valence-electron chi connectivity index (χ2n) is 6.71. The Labute approximate surface area is 162 Å². The van der Waals surface area contributed by atoms with Crippen molar-refractivity contribution in [2.24, 2.45) is 0 Å². The highest BCUT2D eigenvalue weighted by Gasteiger charge is 2.27. The lowest BCUT2D eigenvalue weighted by Gasteiger charge is -2.28. The number of tetrazole rings is 1. The van der Waals surface area contributed by atoms with E-state index in [2.05, 4.69) is 15.5 Å². The molecule has 1 aliphatic rings. The molecule has 0 aliphatic carbocycles. The van der Waals surface area contributed by atoms with Gasteiger partial charge < -0.3 is 4.90 Å². The van der Waals surface area contributed by atoms with Crippen molar-refractivity contribution in [1.29, 1.82) is 0 Å². The van der Waals surface area contributed by atoms with Gasteiger partial charge in [-0.15, -0.1) is 5.10 Å². The molecule has 1 aliphatic heterocycles. The number of para-hydroxylation sites is 1. The number of sulfone groups is 1. The van der Waals surface area contributed by atoms with Crippen LogP contribution < -0.4 is 0 Å². The monoisotopic (exact) mass is 397 g/mol. The number of rotatable bonds is 5. The lowest BCUT2D eigenvalue weighted by molar-refractivity contribution is -0.129. The summed E-state index contributed by atoms with van der Waals surface area (Å²) in [5.41, 5.74) is 2.93. The van der Waals surface area contributed by atoms with Gasteiger partial charge in [-0.2, -0.15) is 4.68 Å². The van der Waals surface area contributed by atoms with Crippen molar-refractivity contribution in [2.45, 2.75) is 18.7 Å². The van der Waals surface area contributed by atoms with Gasteiger partial charge in [-0.25, -0.2) is 8.42 Å². The number of aromatic nitrogens is 4. The molecule has 0 bridgehead atoms. The Kier molecular flexibility index (Phi) is 4.91. The number of amides is 1. The molecule has 0 saturated carbocycles. The molecule has 0 fully saturated rings. The van der Waals surface area contributed by atoms with Crippen LogP contribution in [-0.2, 0) is 33.4 Å². The predicted molar refractivity (Wildman–Crippen MR) is 102 cm³/mol. The maximum absolute atomic E-state index is 12.6. The Morgan fingerprint density at radius 1 is 1.00 bits per heavy atom. The summed E-state index contributed by atoms with van der Waals surface area (Å²) in [5.74, 6) is -1.17. The number of hydrogen-bond acceptors (Lipinski definition) is 6. The molecule has 2 aromatic carbocycles. The first-order valence-electron chi connectivity index (χ1n) is 8.89. The van der Waals surface area contributed by atoms with Gasteiger partial charge >= 0.3 is 0 Å². The standard InChI is InChI=1S/C19H19N5O3S/c25-19(23-11-10-15-6-4-5-7-16(15)12-23)14-28(26,27)13-18-20-21-22-24(18)17-8-2-1-3-9-17/h1-9H,10-14H2. The Balaban J connectivity index is 1.46. The van der Waals surface area contributed by atoms with E-state index >= 15 is 0 Å². The summed E-state index contributed by atoms with van der Waals surface area (Å²) in [6.45, 7) is 0.958. The van der Waals surface area contributed by atoms with Gasteiger partial charge in [0.15, 0.2) is 15.7 Å². The fourth-order valence-electron chi connectivity index (χ4n) is 3.30. The maximum atomic E-state index is 12.6. The Bertz CT molecular complexity index is 1100. The van der Waals surface area contributed by atoms with E-state index in [0.717, 1.165) is 12.0 Å². The topological polar surface area (TPSA) is 98.0 Å². The maximum Gasteiger partial charge on any atom is 0.238 e. The minimum atomic E-state index is -3.72. The molecule has 2 heterocycles. The molecule has 0 atom stereocenters. The zero-order valence-corrected chi connectivity index (χ0v) is 15.9. The van der Waals surface area contributed by atoms with Crippen molar-refractivity contribution >= 4 is 15.7 Å². The highest BCUT2D eigenvalue weighted by atomic mass is 32.2. The molecule has 8 nitrogen and oxygen atoms in total. The van der Waals surface area contributed by atoms with E-state index in [1.807, 2.05) is 42.5 Å². The Hall–Kier alpha value is -3.07. The minimum absolute atomic E-state index is 0.183. The molecule has 9 heteroatoms. The van der Waals surface area contributed by atoms with E-state index < -0.39 is 27.3 Å². The summed E-state index contributed by atoms with van der Waals surface area (Å²) in [6.07, 6.45) is 0.730. The van der Waals surface area contributed by atoms with Gasteiger partial charge in [0, 0.05) is 13.1 Å². The number of carbonyl (C=O) groups is 1. The van der Waals surface area contributed by atoms with E-state index in [0.29, 0.717) is 18.8 Å². The molecule has 0 radical (unpaired) electrons. The first-order chi connectivity index (χ1) is 13.5. The van der Waals surface area contributed by atoms with Crippen molar-refractivity contribution in [2.75, 3.05) is 12.3 Å². The fraction of sp³-hybridized carbons (Fsp3) is 0.263. The largest absolute Gasteiger partial charge is 0.337 e. The quantitative estimate of drug-likeness (QED) is 0.641. The second kappa shape index (κ2) is 7.51. The molecular formula is C19H19N5O3S. The van der Waals surface area contributed by atoms with Gasteiger partial charge in [-0.1, -0.05) is 42.5 Å². The summed E-state index contributed by atoms with van der Waals surface area (Å²) in [7, 11) is -3.72. The van der Waals surface area contributed by atoms with Crippen LogP contribution in [0.1, 0.15) is 17.0 Å². The van der Waals surface area contributed by atoms with Crippen LogP contribution in [0.3, 0.4) is 0 Å². The molecule has 3 aromatic rings. The number of fused-ring (bicyclic) bond motifs is 1. The molecule has 28 heavy (non-hydrogen) atoms.